The van der Waals surface area contributed by atoms with E-state index >= 15 is 0 Å². The third kappa shape index (κ3) is 3.09. The van der Waals surface area contributed by atoms with Crippen molar-refractivity contribution in [3.05, 3.63) is 29.8 Å². The summed E-state index contributed by atoms with van der Waals surface area (Å²) >= 11 is 0. The van der Waals surface area contributed by atoms with Crippen LogP contribution in [0.2, 0.25) is 0 Å². The molecular formula is C14H20N2O2. The third-order valence-electron chi connectivity index (χ3n) is 3.27. The maximum absolute atomic E-state index is 11.2. The largest absolute Gasteiger partial charge is 0.374 e. The minimum absolute atomic E-state index is 0.101. The second-order valence-corrected chi connectivity index (χ2v) is 4.62. The van der Waals surface area contributed by atoms with Crippen molar-refractivity contribution >= 4 is 11.5 Å². The van der Waals surface area contributed by atoms with Crippen LogP contribution in [0.15, 0.2) is 24.3 Å². The molecule has 0 amide bonds. The highest BCUT2D eigenvalue weighted by molar-refractivity contribution is 5.94. The zero-order chi connectivity index (χ0) is 13.0. The van der Waals surface area contributed by atoms with Gasteiger partial charge in [0.25, 0.3) is 0 Å². The number of hydrogen-bond donors (Lipinski definition) is 1. The molecule has 1 heterocycles. The Bertz CT molecular complexity index is 401. The summed E-state index contributed by atoms with van der Waals surface area (Å²) in [6.07, 6.45) is 1.11. The van der Waals surface area contributed by atoms with Gasteiger partial charge in [-0.25, -0.2) is 0 Å². The topological polar surface area (TPSA) is 55.6 Å². The molecule has 2 N–H and O–H groups in total. The Labute approximate surface area is 108 Å². The lowest BCUT2D eigenvalue weighted by molar-refractivity contribution is 0.0369. The van der Waals surface area contributed by atoms with Crippen molar-refractivity contribution in [1.82, 2.24) is 0 Å². The summed E-state index contributed by atoms with van der Waals surface area (Å²) in [5.74, 6) is 0.101. The van der Waals surface area contributed by atoms with Gasteiger partial charge in [-0.05, 0) is 44.2 Å². The third-order valence-corrected chi connectivity index (χ3v) is 3.27. The fraction of sp³-hybridized carbons (Fsp3) is 0.500. The Morgan fingerprint density at radius 2 is 2.17 bits per heavy atom. The number of hydrogen-bond acceptors (Lipinski definition) is 4. The van der Waals surface area contributed by atoms with Gasteiger partial charge in [-0.3, -0.25) is 4.79 Å². The molecule has 0 radical (unpaired) electrons. The molecule has 1 aliphatic heterocycles. The summed E-state index contributed by atoms with van der Waals surface area (Å²) in [7, 11) is 0. The molecule has 2 rings (SSSR count). The average molecular weight is 248 g/mol. The standard InChI is InChI=1S/C14H20N2O2/c1-11(17)12-2-4-13(5-3-12)16-8-9-18-14(10-16)6-7-15/h2-5,14H,6-10,15H2,1H3. The monoisotopic (exact) mass is 248 g/mol. The number of morpholine rings is 1. The zero-order valence-electron chi connectivity index (χ0n) is 10.8. The van der Waals surface area contributed by atoms with E-state index in [0.29, 0.717) is 6.54 Å². The lowest BCUT2D eigenvalue weighted by Crippen LogP contribution is -2.43. The summed E-state index contributed by atoms with van der Waals surface area (Å²) in [5.41, 5.74) is 7.46. The van der Waals surface area contributed by atoms with Gasteiger partial charge >= 0.3 is 0 Å². The number of rotatable bonds is 4. The summed E-state index contributed by atoms with van der Waals surface area (Å²) in [6.45, 7) is 4.74. The highest BCUT2D eigenvalue weighted by atomic mass is 16.5. The van der Waals surface area contributed by atoms with Crippen LogP contribution in [0.1, 0.15) is 23.7 Å². The van der Waals surface area contributed by atoms with Crippen LogP contribution in [0.4, 0.5) is 5.69 Å². The molecule has 18 heavy (non-hydrogen) atoms. The smallest absolute Gasteiger partial charge is 0.159 e. The molecule has 1 fully saturated rings. The zero-order valence-corrected chi connectivity index (χ0v) is 10.8. The van der Waals surface area contributed by atoms with E-state index < -0.39 is 0 Å². The van der Waals surface area contributed by atoms with E-state index in [-0.39, 0.29) is 11.9 Å². The summed E-state index contributed by atoms with van der Waals surface area (Å²) in [5, 5.41) is 0. The van der Waals surface area contributed by atoms with Gasteiger partial charge in [0.1, 0.15) is 0 Å². The first-order valence-electron chi connectivity index (χ1n) is 6.38. The van der Waals surface area contributed by atoms with Gasteiger partial charge < -0.3 is 15.4 Å². The maximum atomic E-state index is 11.2. The number of ether oxygens (including phenoxy) is 1. The molecule has 98 valence electrons. The molecule has 0 bridgehead atoms. The van der Waals surface area contributed by atoms with E-state index in [9.17, 15) is 4.79 Å². The first kappa shape index (κ1) is 13.1. The fourth-order valence-electron chi connectivity index (χ4n) is 2.22. The highest BCUT2D eigenvalue weighted by Gasteiger charge is 2.19. The van der Waals surface area contributed by atoms with Gasteiger partial charge in [-0.15, -0.1) is 0 Å². The molecule has 4 heteroatoms. The fourth-order valence-corrected chi connectivity index (χ4v) is 2.22. The number of ketones is 1. The molecule has 4 nitrogen and oxygen atoms in total. The molecular weight excluding hydrogens is 228 g/mol. The lowest BCUT2D eigenvalue weighted by atomic mass is 10.1. The Morgan fingerprint density at radius 3 is 2.78 bits per heavy atom. The van der Waals surface area contributed by atoms with Crippen LogP contribution in [0.5, 0.6) is 0 Å². The van der Waals surface area contributed by atoms with E-state index in [4.69, 9.17) is 10.5 Å². The Kier molecular flexibility index (Phi) is 4.33. The lowest BCUT2D eigenvalue weighted by Gasteiger charge is -2.34. The average Bonchev–Trinajstić information content (AvgIpc) is 2.39. The van der Waals surface area contributed by atoms with Crippen LogP contribution in [0, 0.1) is 0 Å². The molecule has 1 aromatic carbocycles. The van der Waals surface area contributed by atoms with Crippen molar-refractivity contribution in [2.24, 2.45) is 5.73 Å². The van der Waals surface area contributed by atoms with Gasteiger partial charge in [0.05, 0.1) is 12.7 Å². The quantitative estimate of drug-likeness (QED) is 0.819. The molecule has 1 atom stereocenters. The van der Waals surface area contributed by atoms with Crippen LogP contribution < -0.4 is 10.6 Å². The first-order valence-corrected chi connectivity index (χ1v) is 6.38. The Balaban J connectivity index is 2.04. The molecule has 0 saturated carbocycles. The molecule has 1 aliphatic rings. The number of nitrogens with zero attached hydrogens (tertiary/aromatic N) is 1. The number of carbonyl (C=O) groups excluding carboxylic acids is 1. The molecule has 0 spiro atoms. The number of benzene rings is 1. The SMILES string of the molecule is CC(=O)c1ccc(N2CCOC(CCN)C2)cc1. The molecule has 1 saturated heterocycles. The van der Waals surface area contributed by atoms with Gasteiger partial charge in [0, 0.05) is 24.3 Å². The van der Waals surface area contributed by atoms with Gasteiger partial charge in [0.2, 0.25) is 0 Å². The van der Waals surface area contributed by atoms with Crippen LogP contribution in [-0.4, -0.2) is 38.1 Å². The predicted octanol–water partition coefficient (Wildman–Crippen LogP) is 1.44. The van der Waals surface area contributed by atoms with Crippen LogP contribution >= 0.6 is 0 Å². The second kappa shape index (κ2) is 5.98. The first-order chi connectivity index (χ1) is 8.70. The Morgan fingerprint density at radius 1 is 1.44 bits per heavy atom. The van der Waals surface area contributed by atoms with Crippen LogP contribution in [0.3, 0.4) is 0 Å². The van der Waals surface area contributed by atoms with Crippen molar-refractivity contribution < 1.29 is 9.53 Å². The van der Waals surface area contributed by atoms with Crippen molar-refractivity contribution in [2.45, 2.75) is 19.4 Å². The number of carbonyl (C=O) groups is 1. The van der Waals surface area contributed by atoms with Crippen LogP contribution in [-0.2, 0) is 4.74 Å². The summed E-state index contributed by atoms with van der Waals surface area (Å²) < 4.78 is 5.66. The van der Waals surface area contributed by atoms with Crippen molar-refractivity contribution in [3.8, 4) is 0 Å². The molecule has 0 aliphatic carbocycles. The van der Waals surface area contributed by atoms with E-state index in [1.165, 1.54) is 0 Å². The van der Waals surface area contributed by atoms with E-state index in [1.807, 2.05) is 24.3 Å². The minimum atomic E-state index is 0.101. The van der Waals surface area contributed by atoms with E-state index in [0.717, 1.165) is 37.4 Å². The predicted molar refractivity (Wildman–Crippen MR) is 72.1 cm³/mol. The van der Waals surface area contributed by atoms with E-state index in [1.54, 1.807) is 6.92 Å². The van der Waals surface area contributed by atoms with Crippen molar-refractivity contribution in [1.29, 1.82) is 0 Å². The summed E-state index contributed by atoms with van der Waals surface area (Å²) in [6, 6.07) is 7.76. The highest BCUT2D eigenvalue weighted by Crippen LogP contribution is 2.19. The van der Waals surface area contributed by atoms with Gasteiger partial charge in [0.15, 0.2) is 5.78 Å². The van der Waals surface area contributed by atoms with Gasteiger partial charge in [-0.2, -0.15) is 0 Å². The number of anilines is 1. The second-order valence-electron chi connectivity index (χ2n) is 4.62. The summed E-state index contributed by atoms with van der Waals surface area (Å²) in [4.78, 5) is 13.5. The maximum Gasteiger partial charge on any atom is 0.159 e. The normalized spacial score (nSPS) is 19.9. The van der Waals surface area contributed by atoms with E-state index in [2.05, 4.69) is 4.90 Å². The number of Topliss-reactive ketones (excluding diaryl/α,β-unsaturated/α-hetero) is 1. The van der Waals surface area contributed by atoms with Gasteiger partial charge in [-0.1, -0.05) is 0 Å². The minimum Gasteiger partial charge on any atom is -0.374 e. The molecule has 0 aromatic heterocycles. The molecule has 1 aromatic rings. The Hall–Kier alpha value is -1.39. The molecule has 1 unspecified atom stereocenters. The van der Waals surface area contributed by atoms with Crippen LogP contribution in [0.25, 0.3) is 0 Å². The number of nitrogens with two attached hydrogens (primary N) is 1. The van der Waals surface area contributed by atoms with Crippen molar-refractivity contribution in [2.75, 3.05) is 31.1 Å². The van der Waals surface area contributed by atoms with Crippen molar-refractivity contribution in [3.63, 3.8) is 0 Å².